The van der Waals surface area contributed by atoms with Crippen LogP contribution in [0.25, 0.3) is 0 Å². The van der Waals surface area contributed by atoms with Crippen molar-refractivity contribution in [2.45, 2.75) is 26.2 Å². The van der Waals surface area contributed by atoms with Gasteiger partial charge in [-0.2, -0.15) is 0 Å². The van der Waals surface area contributed by atoms with Crippen molar-refractivity contribution in [1.82, 2.24) is 10.2 Å². The molecule has 0 unspecified atom stereocenters. The molecule has 0 aliphatic carbocycles. The number of anilines is 1. The average Bonchev–Trinajstić information content (AvgIpc) is 2.51. The van der Waals surface area contributed by atoms with Crippen molar-refractivity contribution in [3.8, 4) is 5.75 Å². The molecule has 1 rings (SSSR count). The van der Waals surface area contributed by atoms with Crippen LogP contribution in [-0.2, 0) is 9.59 Å². The minimum absolute atomic E-state index is 0.0576. The van der Waals surface area contributed by atoms with E-state index in [4.69, 9.17) is 4.74 Å². The maximum absolute atomic E-state index is 12.0. The molecular weight excluding hydrogens is 294 g/mol. The summed E-state index contributed by atoms with van der Waals surface area (Å²) >= 11 is 0. The predicted octanol–water partition coefficient (Wildman–Crippen LogP) is 1.87. The van der Waals surface area contributed by atoms with Crippen LogP contribution in [0.4, 0.5) is 5.69 Å². The van der Waals surface area contributed by atoms with Gasteiger partial charge in [0, 0.05) is 18.3 Å². The number of amides is 2. The molecule has 0 radical (unpaired) electrons. The summed E-state index contributed by atoms with van der Waals surface area (Å²) in [7, 11) is 3.32. The standard InChI is InChI=1S/C17H27N3O3/c1-4-5-6-10-18-16(21)12-20(2)13-17(22)19-14-8-7-9-15(11-14)23-3/h7-9,11H,4-6,10,12-13H2,1-3H3,(H,18,21)(H,19,22). The van der Waals surface area contributed by atoms with Crippen LogP contribution in [0.2, 0.25) is 0 Å². The van der Waals surface area contributed by atoms with Gasteiger partial charge in [-0.25, -0.2) is 0 Å². The first-order chi connectivity index (χ1) is 11.0. The van der Waals surface area contributed by atoms with Crippen molar-refractivity contribution in [3.63, 3.8) is 0 Å². The summed E-state index contributed by atoms with van der Waals surface area (Å²) in [5.41, 5.74) is 0.673. The fourth-order valence-electron chi connectivity index (χ4n) is 2.11. The molecule has 0 saturated carbocycles. The maximum atomic E-state index is 12.0. The minimum atomic E-state index is -0.167. The molecule has 2 amide bonds. The second-order valence-electron chi connectivity index (χ2n) is 5.51. The van der Waals surface area contributed by atoms with Crippen LogP contribution < -0.4 is 15.4 Å². The Kier molecular flexibility index (Phi) is 8.75. The van der Waals surface area contributed by atoms with Crippen molar-refractivity contribution in [3.05, 3.63) is 24.3 Å². The van der Waals surface area contributed by atoms with Crippen LogP contribution in [0.15, 0.2) is 24.3 Å². The fourth-order valence-corrected chi connectivity index (χ4v) is 2.11. The number of unbranched alkanes of at least 4 members (excludes halogenated alkanes) is 2. The van der Waals surface area contributed by atoms with Crippen molar-refractivity contribution in [1.29, 1.82) is 0 Å². The normalized spacial score (nSPS) is 10.4. The van der Waals surface area contributed by atoms with Crippen molar-refractivity contribution >= 4 is 17.5 Å². The zero-order valence-electron chi connectivity index (χ0n) is 14.2. The smallest absolute Gasteiger partial charge is 0.238 e. The molecule has 0 fully saturated rings. The van der Waals surface area contributed by atoms with E-state index in [0.717, 1.165) is 19.3 Å². The van der Waals surface area contributed by atoms with E-state index < -0.39 is 0 Å². The van der Waals surface area contributed by atoms with E-state index in [1.165, 1.54) is 0 Å². The molecule has 6 heteroatoms. The quantitative estimate of drug-likeness (QED) is 0.646. The lowest BCUT2D eigenvalue weighted by molar-refractivity contribution is -0.122. The summed E-state index contributed by atoms with van der Waals surface area (Å²) in [5.74, 6) is 0.458. The zero-order chi connectivity index (χ0) is 17.1. The summed E-state index contributed by atoms with van der Waals surface area (Å²) in [6.07, 6.45) is 3.22. The van der Waals surface area contributed by atoms with Crippen LogP contribution >= 0.6 is 0 Å². The zero-order valence-corrected chi connectivity index (χ0v) is 14.2. The van der Waals surface area contributed by atoms with E-state index in [9.17, 15) is 9.59 Å². The Morgan fingerprint density at radius 1 is 1.17 bits per heavy atom. The Hall–Kier alpha value is -2.08. The number of nitrogens with zero attached hydrogens (tertiary/aromatic N) is 1. The van der Waals surface area contributed by atoms with Gasteiger partial charge in [-0.05, 0) is 25.6 Å². The van der Waals surface area contributed by atoms with Gasteiger partial charge in [0.25, 0.3) is 0 Å². The van der Waals surface area contributed by atoms with Crippen molar-refractivity contribution in [2.24, 2.45) is 0 Å². The Bertz CT molecular complexity index is 506. The molecule has 1 aromatic rings. The highest BCUT2D eigenvalue weighted by molar-refractivity contribution is 5.92. The van der Waals surface area contributed by atoms with Crippen LogP contribution in [-0.4, -0.2) is 50.5 Å². The third-order valence-corrected chi connectivity index (χ3v) is 3.28. The molecule has 0 aromatic heterocycles. The molecule has 2 N–H and O–H groups in total. The van der Waals surface area contributed by atoms with Crippen LogP contribution in [0.5, 0.6) is 5.75 Å². The number of ether oxygens (including phenoxy) is 1. The molecule has 0 aliphatic rings. The van der Waals surface area contributed by atoms with Gasteiger partial charge in [0.15, 0.2) is 0 Å². The van der Waals surface area contributed by atoms with Gasteiger partial charge in [-0.15, -0.1) is 0 Å². The largest absolute Gasteiger partial charge is 0.497 e. The first kappa shape index (κ1) is 19.0. The summed E-state index contributed by atoms with van der Waals surface area (Å²) < 4.78 is 5.11. The lowest BCUT2D eigenvalue weighted by Gasteiger charge is -2.16. The molecule has 128 valence electrons. The molecule has 0 heterocycles. The van der Waals surface area contributed by atoms with Gasteiger partial charge in [0.2, 0.25) is 11.8 Å². The van der Waals surface area contributed by atoms with E-state index in [2.05, 4.69) is 17.6 Å². The molecule has 1 aromatic carbocycles. The number of nitrogens with one attached hydrogen (secondary N) is 2. The minimum Gasteiger partial charge on any atom is -0.497 e. The number of hydrogen-bond acceptors (Lipinski definition) is 4. The number of benzene rings is 1. The summed E-state index contributed by atoms with van der Waals surface area (Å²) in [5, 5.41) is 5.65. The Balaban J connectivity index is 2.31. The number of methoxy groups -OCH3 is 1. The van der Waals surface area contributed by atoms with Crippen LogP contribution in [0.1, 0.15) is 26.2 Å². The monoisotopic (exact) mass is 321 g/mol. The second-order valence-corrected chi connectivity index (χ2v) is 5.51. The van der Waals surface area contributed by atoms with E-state index in [1.807, 2.05) is 12.1 Å². The van der Waals surface area contributed by atoms with Gasteiger partial charge in [-0.3, -0.25) is 14.5 Å². The highest BCUT2D eigenvalue weighted by atomic mass is 16.5. The second kappa shape index (κ2) is 10.6. The Morgan fingerprint density at radius 3 is 2.61 bits per heavy atom. The third-order valence-electron chi connectivity index (χ3n) is 3.28. The number of carbonyl (C=O) groups excluding carboxylic acids is 2. The summed E-state index contributed by atoms with van der Waals surface area (Å²) in [6, 6.07) is 7.16. The number of rotatable bonds is 10. The molecule has 23 heavy (non-hydrogen) atoms. The predicted molar refractivity (Wildman–Crippen MR) is 91.7 cm³/mol. The van der Waals surface area contributed by atoms with E-state index >= 15 is 0 Å². The number of carbonyl (C=O) groups is 2. The summed E-state index contributed by atoms with van der Waals surface area (Å²) in [4.78, 5) is 25.4. The van der Waals surface area contributed by atoms with Gasteiger partial charge in [-0.1, -0.05) is 25.8 Å². The van der Waals surface area contributed by atoms with Gasteiger partial charge in [0.1, 0.15) is 5.75 Å². The molecule has 0 saturated heterocycles. The lowest BCUT2D eigenvalue weighted by Crippen LogP contribution is -2.39. The topological polar surface area (TPSA) is 70.7 Å². The SMILES string of the molecule is CCCCCNC(=O)CN(C)CC(=O)Nc1cccc(OC)c1. The molecule has 0 atom stereocenters. The summed E-state index contributed by atoms with van der Waals surface area (Å²) in [6.45, 7) is 3.17. The van der Waals surface area contributed by atoms with Crippen molar-refractivity contribution < 1.29 is 14.3 Å². The van der Waals surface area contributed by atoms with Gasteiger partial charge >= 0.3 is 0 Å². The molecule has 0 aliphatic heterocycles. The third kappa shape index (κ3) is 8.21. The van der Waals surface area contributed by atoms with Crippen LogP contribution in [0, 0.1) is 0 Å². The lowest BCUT2D eigenvalue weighted by atomic mass is 10.2. The maximum Gasteiger partial charge on any atom is 0.238 e. The molecular formula is C17H27N3O3. The van der Waals surface area contributed by atoms with Crippen molar-refractivity contribution in [2.75, 3.05) is 39.1 Å². The van der Waals surface area contributed by atoms with E-state index in [-0.39, 0.29) is 24.9 Å². The molecule has 0 bridgehead atoms. The van der Waals surface area contributed by atoms with Gasteiger partial charge in [0.05, 0.1) is 20.2 Å². The number of likely N-dealkylation sites (N-methyl/N-ethyl adjacent to an activating group) is 1. The molecule has 6 nitrogen and oxygen atoms in total. The fraction of sp³-hybridized carbons (Fsp3) is 0.529. The van der Waals surface area contributed by atoms with E-state index in [0.29, 0.717) is 18.0 Å². The number of hydrogen-bond donors (Lipinski definition) is 2. The van der Waals surface area contributed by atoms with Gasteiger partial charge < -0.3 is 15.4 Å². The Labute approximate surface area is 138 Å². The highest BCUT2D eigenvalue weighted by Gasteiger charge is 2.10. The molecule has 0 spiro atoms. The van der Waals surface area contributed by atoms with E-state index in [1.54, 1.807) is 31.2 Å². The first-order valence-corrected chi connectivity index (χ1v) is 7.94. The highest BCUT2D eigenvalue weighted by Crippen LogP contribution is 2.16. The average molecular weight is 321 g/mol. The Morgan fingerprint density at radius 2 is 1.91 bits per heavy atom. The van der Waals surface area contributed by atoms with Crippen LogP contribution in [0.3, 0.4) is 0 Å². The first-order valence-electron chi connectivity index (χ1n) is 7.94.